The third-order valence-corrected chi connectivity index (χ3v) is 3.10. The minimum absolute atomic E-state index is 0.0523. The van der Waals surface area contributed by atoms with E-state index in [0.29, 0.717) is 17.9 Å². The first-order chi connectivity index (χ1) is 9.76. The van der Waals surface area contributed by atoms with Crippen LogP contribution in [-0.4, -0.2) is 40.4 Å². The van der Waals surface area contributed by atoms with E-state index in [4.69, 9.17) is 5.73 Å². The molecule has 1 aromatic rings. The van der Waals surface area contributed by atoms with E-state index in [0.717, 1.165) is 0 Å². The van der Waals surface area contributed by atoms with E-state index < -0.39 is 0 Å². The third-order valence-electron chi connectivity index (χ3n) is 3.10. The first-order valence-corrected chi connectivity index (χ1v) is 7.32. The zero-order chi connectivity index (χ0) is 16.2. The Balaban J connectivity index is 2.91. The molecule has 6 nitrogen and oxygen atoms in total. The molecule has 0 aromatic carbocycles. The summed E-state index contributed by atoms with van der Waals surface area (Å²) in [5, 5.41) is 2.79. The summed E-state index contributed by atoms with van der Waals surface area (Å²) >= 11 is 0. The number of hydrogen-bond donors (Lipinski definition) is 2. The van der Waals surface area contributed by atoms with Crippen molar-refractivity contribution in [1.82, 2.24) is 14.8 Å². The van der Waals surface area contributed by atoms with Crippen LogP contribution in [0.1, 0.15) is 51.1 Å². The Kier molecular flexibility index (Phi) is 5.81. The number of carbonyl (C=O) groups is 2. The molecule has 118 valence electrons. The molecule has 3 N–H and O–H groups in total. The summed E-state index contributed by atoms with van der Waals surface area (Å²) in [6.07, 6.45) is 1.75. The van der Waals surface area contributed by atoms with Crippen molar-refractivity contribution in [2.45, 2.75) is 46.7 Å². The van der Waals surface area contributed by atoms with Gasteiger partial charge < -0.3 is 20.5 Å². The molecule has 0 aliphatic carbocycles. The molecule has 1 heterocycles. The van der Waals surface area contributed by atoms with Crippen LogP contribution in [0.2, 0.25) is 0 Å². The van der Waals surface area contributed by atoms with Crippen LogP contribution in [0, 0.1) is 0 Å². The molecule has 0 unspecified atom stereocenters. The summed E-state index contributed by atoms with van der Waals surface area (Å²) in [7, 11) is 0. The van der Waals surface area contributed by atoms with Crippen LogP contribution in [0.3, 0.4) is 0 Å². The highest BCUT2D eigenvalue weighted by atomic mass is 16.2. The van der Waals surface area contributed by atoms with Gasteiger partial charge in [0.15, 0.2) is 0 Å². The molecule has 0 fully saturated rings. The van der Waals surface area contributed by atoms with Crippen LogP contribution in [0.4, 0.5) is 5.69 Å². The lowest BCUT2D eigenvalue weighted by Gasteiger charge is -2.22. The van der Waals surface area contributed by atoms with E-state index in [1.54, 1.807) is 12.3 Å². The van der Waals surface area contributed by atoms with Gasteiger partial charge in [0.2, 0.25) is 5.91 Å². The van der Waals surface area contributed by atoms with Gasteiger partial charge in [-0.1, -0.05) is 0 Å². The largest absolute Gasteiger partial charge is 0.397 e. The van der Waals surface area contributed by atoms with Crippen molar-refractivity contribution in [2.24, 2.45) is 0 Å². The van der Waals surface area contributed by atoms with E-state index in [-0.39, 0.29) is 30.4 Å². The number of nitrogens with two attached hydrogens (primary N) is 1. The van der Waals surface area contributed by atoms with Crippen LogP contribution in [-0.2, 0) is 4.79 Å². The molecule has 1 rings (SSSR count). The molecule has 6 heteroatoms. The number of rotatable bonds is 6. The zero-order valence-corrected chi connectivity index (χ0v) is 13.5. The van der Waals surface area contributed by atoms with Gasteiger partial charge in [-0.3, -0.25) is 9.59 Å². The van der Waals surface area contributed by atoms with Crippen molar-refractivity contribution in [3.05, 3.63) is 18.0 Å². The Bertz CT molecular complexity index is 506. The monoisotopic (exact) mass is 294 g/mol. The predicted octanol–water partition coefficient (Wildman–Crippen LogP) is 1.64. The van der Waals surface area contributed by atoms with Crippen molar-refractivity contribution in [3.63, 3.8) is 0 Å². The van der Waals surface area contributed by atoms with Gasteiger partial charge in [0.25, 0.3) is 5.91 Å². The molecule has 0 bridgehead atoms. The number of aromatic nitrogens is 1. The second-order valence-corrected chi connectivity index (χ2v) is 5.70. The summed E-state index contributed by atoms with van der Waals surface area (Å²) in [4.78, 5) is 26.0. The van der Waals surface area contributed by atoms with Gasteiger partial charge >= 0.3 is 0 Å². The van der Waals surface area contributed by atoms with E-state index >= 15 is 0 Å². The molecule has 2 amide bonds. The fraction of sp³-hybridized carbons (Fsp3) is 0.600. The lowest BCUT2D eigenvalue weighted by atomic mass is 10.3. The number of carbonyl (C=O) groups excluding carboxylic acids is 2. The van der Waals surface area contributed by atoms with Crippen molar-refractivity contribution >= 4 is 17.5 Å². The van der Waals surface area contributed by atoms with Gasteiger partial charge in [-0.25, -0.2) is 0 Å². The fourth-order valence-corrected chi connectivity index (χ4v) is 2.13. The number of amides is 2. The number of likely N-dealkylation sites (N-methyl/N-ethyl adjacent to an activating group) is 1. The number of nitrogens with zero attached hydrogens (tertiary/aromatic N) is 2. The molecular formula is C15H26N4O2. The Morgan fingerprint density at radius 3 is 2.43 bits per heavy atom. The van der Waals surface area contributed by atoms with Gasteiger partial charge in [0.05, 0.1) is 12.2 Å². The predicted molar refractivity (Wildman–Crippen MR) is 84.1 cm³/mol. The minimum Gasteiger partial charge on any atom is -0.397 e. The van der Waals surface area contributed by atoms with E-state index in [1.165, 1.54) is 4.90 Å². The highest BCUT2D eigenvalue weighted by Crippen LogP contribution is 2.18. The van der Waals surface area contributed by atoms with Crippen LogP contribution in [0.15, 0.2) is 12.3 Å². The summed E-state index contributed by atoms with van der Waals surface area (Å²) in [6, 6.07) is 1.84. The Labute approximate surface area is 126 Å². The van der Waals surface area contributed by atoms with Gasteiger partial charge in [-0.15, -0.1) is 0 Å². The van der Waals surface area contributed by atoms with Crippen molar-refractivity contribution in [3.8, 4) is 0 Å². The minimum atomic E-state index is -0.179. The molecule has 0 saturated heterocycles. The summed E-state index contributed by atoms with van der Waals surface area (Å²) in [6.45, 7) is 10.1. The maximum Gasteiger partial charge on any atom is 0.271 e. The Morgan fingerprint density at radius 2 is 1.95 bits per heavy atom. The standard InChI is InChI=1S/C15H26N4O2/c1-6-18(9-14(20)17-10(2)3)15(21)13-7-12(16)8-19(13)11(4)5/h7-8,10-11H,6,9,16H2,1-5H3,(H,17,20). The average molecular weight is 294 g/mol. The second-order valence-electron chi connectivity index (χ2n) is 5.70. The summed E-state index contributed by atoms with van der Waals surface area (Å²) < 4.78 is 1.83. The average Bonchev–Trinajstić information content (AvgIpc) is 2.76. The lowest BCUT2D eigenvalue weighted by Crippen LogP contribution is -2.43. The highest BCUT2D eigenvalue weighted by Gasteiger charge is 2.22. The molecule has 0 radical (unpaired) electrons. The quantitative estimate of drug-likeness (QED) is 0.837. The number of nitrogens with one attached hydrogen (secondary N) is 1. The maximum absolute atomic E-state index is 12.6. The first-order valence-electron chi connectivity index (χ1n) is 7.32. The van der Waals surface area contributed by atoms with Crippen molar-refractivity contribution in [1.29, 1.82) is 0 Å². The maximum atomic E-state index is 12.6. The third kappa shape index (κ3) is 4.51. The van der Waals surface area contributed by atoms with Crippen molar-refractivity contribution in [2.75, 3.05) is 18.8 Å². The number of nitrogen functional groups attached to an aromatic ring is 1. The van der Waals surface area contributed by atoms with Gasteiger partial charge in [0.1, 0.15) is 5.69 Å². The van der Waals surface area contributed by atoms with Crippen LogP contribution < -0.4 is 11.1 Å². The lowest BCUT2D eigenvalue weighted by molar-refractivity contribution is -0.122. The molecule has 21 heavy (non-hydrogen) atoms. The summed E-state index contributed by atoms with van der Waals surface area (Å²) in [5.41, 5.74) is 6.86. The Morgan fingerprint density at radius 1 is 1.33 bits per heavy atom. The van der Waals surface area contributed by atoms with Gasteiger partial charge in [-0.2, -0.15) is 0 Å². The topological polar surface area (TPSA) is 80.4 Å². The van der Waals surface area contributed by atoms with Crippen LogP contribution in [0.5, 0.6) is 0 Å². The smallest absolute Gasteiger partial charge is 0.271 e. The van der Waals surface area contributed by atoms with Crippen LogP contribution in [0.25, 0.3) is 0 Å². The molecule has 0 aliphatic rings. The van der Waals surface area contributed by atoms with E-state index in [1.807, 2.05) is 39.2 Å². The second kappa shape index (κ2) is 7.15. The van der Waals surface area contributed by atoms with Gasteiger partial charge in [-0.05, 0) is 40.7 Å². The molecule has 0 saturated carbocycles. The van der Waals surface area contributed by atoms with Gasteiger partial charge in [0, 0.05) is 24.8 Å². The van der Waals surface area contributed by atoms with Crippen molar-refractivity contribution < 1.29 is 9.59 Å². The molecule has 1 aromatic heterocycles. The first kappa shape index (κ1) is 17.1. The van der Waals surface area contributed by atoms with Crippen LogP contribution >= 0.6 is 0 Å². The normalized spacial score (nSPS) is 11.0. The Hall–Kier alpha value is -1.98. The van der Waals surface area contributed by atoms with E-state index in [2.05, 4.69) is 5.32 Å². The molecular weight excluding hydrogens is 268 g/mol. The fourth-order valence-electron chi connectivity index (χ4n) is 2.13. The molecule has 0 spiro atoms. The highest BCUT2D eigenvalue weighted by molar-refractivity contribution is 5.96. The SMILES string of the molecule is CCN(CC(=O)NC(C)C)C(=O)c1cc(N)cn1C(C)C. The summed E-state index contributed by atoms with van der Waals surface area (Å²) in [5.74, 6) is -0.336. The molecule has 0 atom stereocenters. The zero-order valence-electron chi connectivity index (χ0n) is 13.5. The molecule has 0 aliphatic heterocycles. The number of anilines is 1. The van der Waals surface area contributed by atoms with E-state index in [9.17, 15) is 9.59 Å². The number of hydrogen-bond acceptors (Lipinski definition) is 3.